The SMILES string of the molecule is C=CCOC(=O)[C@@H]1C[C@@H](Oc2ccc(Cl)cn2)CN1C(=O)[C@@H](CC(=O)OC(C)(C)C)C(C)(C)C. The number of hydrogen-bond acceptors (Lipinski definition) is 7. The molecule has 0 saturated carbocycles. The Morgan fingerprint density at radius 3 is 2.44 bits per heavy atom. The summed E-state index contributed by atoms with van der Waals surface area (Å²) < 4.78 is 16.6. The predicted molar refractivity (Wildman–Crippen MR) is 128 cm³/mol. The summed E-state index contributed by atoms with van der Waals surface area (Å²) in [4.78, 5) is 44.7. The maximum absolute atomic E-state index is 13.7. The van der Waals surface area contributed by atoms with E-state index in [0.717, 1.165) is 0 Å². The number of ether oxygens (including phenoxy) is 3. The van der Waals surface area contributed by atoms with Crippen LogP contribution in [0.2, 0.25) is 5.02 Å². The van der Waals surface area contributed by atoms with Gasteiger partial charge in [0.2, 0.25) is 11.8 Å². The van der Waals surface area contributed by atoms with Crippen LogP contribution in [0.15, 0.2) is 31.0 Å². The van der Waals surface area contributed by atoms with E-state index in [0.29, 0.717) is 10.9 Å². The van der Waals surface area contributed by atoms with Gasteiger partial charge in [-0.2, -0.15) is 0 Å². The summed E-state index contributed by atoms with van der Waals surface area (Å²) in [5.74, 6) is -1.71. The van der Waals surface area contributed by atoms with E-state index in [1.54, 1.807) is 32.9 Å². The van der Waals surface area contributed by atoms with Gasteiger partial charge in [-0.15, -0.1) is 0 Å². The molecule has 1 fully saturated rings. The van der Waals surface area contributed by atoms with E-state index in [1.165, 1.54) is 17.2 Å². The molecule has 188 valence electrons. The van der Waals surface area contributed by atoms with Crippen molar-refractivity contribution in [2.24, 2.45) is 11.3 Å². The third kappa shape index (κ3) is 8.01. The van der Waals surface area contributed by atoms with E-state index in [9.17, 15) is 14.4 Å². The van der Waals surface area contributed by atoms with E-state index >= 15 is 0 Å². The minimum Gasteiger partial charge on any atom is -0.472 e. The van der Waals surface area contributed by atoms with Crippen molar-refractivity contribution < 1.29 is 28.6 Å². The van der Waals surface area contributed by atoms with Crippen LogP contribution in [-0.2, 0) is 23.9 Å². The third-order valence-corrected chi connectivity index (χ3v) is 5.51. The quantitative estimate of drug-likeness (QED) is 0.394. The number of nitrogens with zero attached hydrogens (tertiary/aromatic N) is 2. The molecule has 0 aliphatic carbocycles. The van der Waals surface area contributed by atoms with Crippen LogP contribution >= 0.6 is 11.6 Å². The second kappa shape index (κ2) is 11.2. The zero-order chi connectivity index (χ0) is 25.7. The fourth-order valence-electron chi connectivity index (χ4n) is 3.70. The second-order valence-corrected chi connectivity index (χ2v) is 10.9. The van der Waals surface area contributed by atoms with E-state index in [2.05, 4.69) is 11.6 Å². The molecule has 0 bridgehead atoms. The lowest BCUT2D eigenvalue weighted by Crippen LogP contribution is -2.48. The number of amides is 1. The Balaban J connectivity index is 2.27. The van der Waals surface area contributed by atoms with Crippen molar-refractivity contribution in [1.29, 1.82) is 0 Å². The van der Waals surface area contributed by atoms with Gasteiger partial charge in [0.15, 0.2) is 0 Å². The number of carbonyl (C=O) groups is 3. The third-order valence-electron chi connectivity index (χ3n) is 5.28. The molecule has 1 aliphatic heterocycles. The number of hydrogen-bond donors (Lipinski definition) is 0. The minimum atomic E-state index is -0.853. The number of pyridine rings is 1. The van der Waals surface area contributed by atoms with Crippen LogP contribution in [0.1, 0.15) is 54.4 Å². The van der Waals surface area contributed by atoms with Gasteiger partial charge < -0.3 is 19.1 Å². The first-order chi connectivity index (χ1) is 15.7. The van der Waals surface area contributed by atoms with Crippen molar-refractivity contribution in [2.75, 3.05) is 13.2 Å². The van der Waals surface area contributed by atoms with E-state index in [4.69, 9.17) is 25.8 Å². The van der Waals surface area contributed by atoms with Gasteiger partial charge in [-0.05, 0) is 32.3 Å². The molecule has 0 spiro atoms. The molecular formula is C25H35ClN2O6. The van der Waals surface area contributed by atoms with Crippen LogP contribution in [0.3, 0.4) is 0 Å². The van der Waals surface area contributed by atoms with Crippen molar-refractivity contribution >= 4 is 29.4 Å². The molecule has 8 nitrogen and oxygen atoms in total. The molecule has 0 unspecified atom stereocenters. The van der Waals surface area contributed by atoms with Crippen molar-refractivity contribution in [3.8, 4) is 5.88 Å². The molecule has 1 saturated heterocycles. The lowest BCUT2D eigenvalue weighted by Gasteiger charge is -2.34. The molecule has 1 amide bonds. The number of rotatable bonds is 8. The maximum Gasteiger partial charge on any atom is 0.329 e. The average Bonchev–Trinajstić information content (AvgIpc) is 3.13. The molecule has 3 atom stereocenters. The maximum atomic E-state index is 13.7. The summed E-state index contributed by atoms with van der Waals surface area (Å²) in [5, 5.41) is 0.469. The molecule has 9 heteroatoms. The van der Waals surface area contributed by atoms with Crippen molar-refractivity contribution in [2.45, 2.75) is 72.1 Å². The summed E-state index contributed by atoms with van der Waals surface area (Å²) in [6.07, 6.45) is 2.57. The predicted octanol–water partition coefficient (Wildman–Crippen LogP) is 4.21. The van der Waals surface area contributed by atoms with Crippen LogP contribution in [0, 0.1) is 11.3 Å². The highest BCUT2D eigenvalue weighted by Gasteiger charge is 2.46. The molecule has 1 aliphatic rings. The Morgan fingerprint density at radius 1 is 1.24 bits per heavy atom. The van der Waals surface area contributed by atoms with Crippen LogP contribution in [0.4, 0.5) is 0 Å². The van der Waals surface area contributed by atoms with Crippen LogP contribution in [0.5, 0.6) is 5.88 Å². The molecule has 0 N–H and O–H groups in total. The molecule has 2 rings (SSSR count). The molecule has 0 aromatic carbocycles. The normalized spacial score (nSPS) is 19.3. The number of esters is 2. The first kappa shape index (κ1) is 27.6. The summed E-state index contributed by atoms with van der Waals surface area (Å²) in [7, 11) is 0. The lowest BCUT2D eigenvalue weighted by atomic mass is 9.77. The van der Waals surface area contributed by atoms with Gasteiger partial charge in [-0.3, -0.25) is 9.59 Å². The highest BCUT2D eigenvalue weighted by atomic mass is 35.5. The van der Waals surface area contributed by atoms with Crippen LogP contribution in [0.25, 0.3) is 0 Å². The summed E-state index contributed by atoms with van der Waals surface area (Å²) in [5.41, 5.74) is -1.22. The van der Waals surface area contributed by atoms with Crippen LogP contribution < -0.4 is 4.74 Å². The zero-order valence-electron chi connectivity index (χ0n) is 20.8. The van der Waals surface area contributed by atoms with Crippen molar-refractivity contribution in [3.05, 3.63) is 36.0 Å². The Hall–Kier alpha value is -2.61. The van der Waals surface area contributed by atoms with E-state index in [-0.39, 0.29) is 31.9 Å². The molecule has 2 heterocycles. The van der Waals surface area contributed by atoms with Crippen LogP contribution in [-0.4, -0.2) is 58.6 Å². The largest absolute Gasteiger partial charge is 0.472 e. The Bertz CT molecular complexity index is 888. The highest BCUT2D eigenvalue weighted by Crippen LogP contribution is 2.34. The topological polar surface area (TPSA) is 95.0 Å². The smallest absolute Gasteiger partial charge is 0.329 e. The lowest BCUT2D eigenvalue weighted by molar-refractivity contribution is -0.162. The Kier molecular flexibility index (Phi) is 9.11. The van der Waals surface area contributed by atoms with Gasteiger partial charge in [0.25, 0.3) is 0 Å². The summed E-state index contributed by atoms with van der Waals surface area (Å²) in [6.45, 7) is 14.7. The second-order valence-electron chi connectivity index (χ2n) is 10.4. The first-order valence-corrected chi connectivity index (χ1v) is 11.7. The minimum absolute atomic E-state index is 0.0300. The van der Waals surface area contributed by atoms with Gasteiger partial charge in [0, 0.05) is 18.7 Å². The van der Waals surface area contributed by atoms with Gasteiger partial charge in [-0.25, -0.2) is 9.78 Å². The van der Waals surface area contributed by atoms with Crippen molar-refractivity contribution in [3.63, 3.8) is 0 Å². The van der Waals surface area contributed by atoms with E-state index in [1.807, 2.05) is 20.8 Å². The number of likely N-dealkylation sites (tertiary alicyclic amines) is 1. The zero-order valence-corrected chi connectivity index (χ0v) is 21.6. The Labute approximate surface area is 206 Å². The summed E-state index contributed by atoms with van der Waals surface area (Å²) >= 11 is 5.89. The number of aromatic nitrogens is 1. The van der Waals surface area contributed by atoms with Gasteiger partial charge >= 0.3 is 11.9 Å². The fourth-order valence-corrected chi connectivity index (χ4v) is 3.82. The molecule has 1 aromatic rings. The highest BCUT2D eigenvalue weighted by molar-refractivity contribution is 6.30. The number of carbonyl (C=O) groups excluding carboxylic acids is 3. The van der Waals surface area contributed by atoms with Gasteiger partial charge in [-0.1, -0.05) is 45.0 Å². The molecule has 1 aromatic heterocycles. The molecule has 34 heavy (non-hydrogen) atoms. The fraction of sp³-hybridized carbons (Fsp3) is 0.600. The monoisotopic (exact) mass is 494 g/mol. The standard InChI is InChI=1S/C25H35ClN2O6/c1-8-11-32-23(31)19-12-17(33-20-10-9-16(26)14-27-20)15-28(19)22(30)18(24(2,3)4)13-21(29)34-25(5,6)7/h8-10,14,17-19H,1,11-13,15H2,2-7H3/t17-,18-,19+/m1/s1. The average molecular weight is 495 g/mol. The van der Waals surface area contributed by atoms with Crippen molar-refractivity contribution in [1.82, 2.24) is 9.88 Å². The van der Waals surface area contributed by atoms with E-state index < -0.39 is 41.0 Å². The molecular weight excluding hydrogens is 460 g/mol. The first-order valence-electron chi connectivity index (χ1n) is 11.3. The number of halogens is 1. The Morgan fingerprint density at radius 2 is 1.91 bits per heavy atom. The molecule has 0 radical (unpaired) electrons. The van der Waals surface area contributed by atoms with Gasteiger partial charge in [0.1, 0.15) is 24.4 Å². The van der Waals surface area contributed by atoms with Gasteiger partial charge in [0.05, 0.1) is 23.9 Å². The summed E-state index contributed by atoms with van der Waals surface area (Å²) in [6, 6.07) is 2.42.